The van der Waals surface area contributed by atoms with Crippen molar-refractivity contribution in [2.75, 3.05) is 6.54 Å². The summed E-state index contributed by atoms with van der Waals surface area (Å²) in [6, 6.07) is 2.71. The molecule has 0 bridgehead atoms. The third-order valence-corrected chi connectivity index (χ3v) is 5.27. The van der Waals surface area contributed by atoms with Crippen molar-refractivity contribution in [3.8, 4) is 0 Å². The summed E-state index contributed by atoms with van der Waals surface area (Å²) < 4.78 is 0. The van der Waals surface area contributed by atoms with E-state index in [2.05, 4.69) is 46.0 Å². The number of hydrogen-bond donors (Lipinski definition) is 1. The molecular formula is C19H32N2. The number of pyridine rings is 1. The van der Waals surface area contributed by atoms with Gasteiger partial charge in [0, 0.05) is 6.20 Å². The van der Waals surface area contributed by atoms with Crippen molar-refractivity contribution in [2.45, 2.75) is 66.3 Å². The molecule has 2 rings (SSSR count). The van der Waals surface area contributed by atoms with E-state index in [-0.39, 0.29) is 0 Å². The van der Waals surface area contributed by atoms with Gasteiger partial charge >= 0.3 is 0 Å². The Kier molecular flexibility index (Phi) is 5.80. The molecule has 0 spiro atoms. The van der Waals surface area contributed by atoms with Crippen LogP contribution in [0.3, 0.4) is 0 Å². The Morgan fingerprint density at radius 2 is 2.00 bits per heavy atom. The maximum atomic E-state index is 4.79. The lowest BCUT2D eigenvalue weighted by Gasteiger charge is -2.37. The minimum atomic E-state index is 0.431. The van der Waals surface area contributed by atoms with Crippen LogP contribution in [0, 0.1) is 31.6 Å². The van der Waals surface area contributed by atoms with Gasteiger partial charge in [0.2, 0.25) is 0 Å². The highest BCUT2D eigenvalue weighted by Crippen LogP contribution is 2.40. The van der Waals surface area contributed by atoms with Gasteiger partial charge in [0.25, 0.3) is 0 Å². The molecule has 0 amide bonds. The Labute approximate surface area is 130 Å². The van der Waals surface area contributed by atoms with Gasteiger partial charge in [0.1, 0.15) is 0 Å². The molecule has 2 nitrogen and oxygen atoms in total. The van der Waals surface area contributed by atoms with Crippen LogP contribution in [0.2, 0.25) is 0 Å². The summed E-state index contributed by atoms with van der Waals surface area (Å²) in [7, 11) is 0. The van der Waals surface area contributed by atoms with Gasteiger partial charge in [-0.1, -0.05) is 33.3 Å². The predicted octanol–water partition coefficient (Wildman–Crippen LogP) is 4.81. The summed E-state index contributed by atoms with van der Waals surface area (Å²) >= 11 is 0. The van der Waals surface area contributed by atoms with E-state index >= 15 is 0 Å². The normalized spacial score (nSPS) is 27.6. The van der Waals surface area contributed by atoms with Gasteiger partial charge in [-0.15, -0.1) is 0 Å². The zero-order valence-corrected chi connectivity index (χ0v) is 14.4. The third-order valence-electron chi connectivity index (χ3n) is 5.27. The lowest BCUT2D eigenvalue weighted by atomic mass is 9.72. The molecule has 1 saturated carbocycles. The summed E-state index contributed by atoms with van der Waals surface area (Å²) in [6.45, 7) is 12.5. The van der Waals surface area contributed by atoms with E-state index in [0.717, 1.165) is 24.3 Å². The van der Waals surface area contributed by atoms with Crippen LogP contribution in [0.4, 0.5) is 0 Å². The van der Waals surface area contributed by atoms with Crippen molar-refractivity contribution in [3.05, 3.63) is 29.1 Å². The van der Waals surface area contributed by atoms with Crippen LogP contribution < -0.4 is 5.32 Å². The Morgan fingerprint density at radius 3 is 2.62 bits per heavy atom. The average Bonchev–Trinajstić information content (AvgIpc) is 2.44. The summed E-state index contributed by atoms with van der Waals surface area (Å²) in [6.07, 6.45) is 7.23. The van der Waals surface area contributed by atoms with Gasteiger partial charge in [-0.05, 0) is 68.5 Å². The van der Waals surface area contributed by atoms with Crippen molar-refractivity contribution in [1.29, 1.82) is 0 Å². The molecule has 2 heteroatoms. The maximum Gasteiger partial charge on any atom is 0.0605 e. The first-order valence-electron chi connectivity index (χ1n) is 8.69. The molecular weight excluding hydrogens is 256 g/mol. The van der Waals surface area contributed by atoms with E-state index in [0.29, 0.717) is 6.04 Å². The van der Waals surface area contributed by atoms with Gasteiger partial charge in [0.05, 0.1) is 11.7 Å². The molecule has 4 unspecified atom stereocenters. The molecule has 118 valence electrons. The van der Waals surface area contributed by atoms with Gasteiger partial charge in [-0.25, -0.2) is 0 Å². The molecule has 0 aliphatic heterocycles. The van der Waals surface area contributed by atoms with Gasteiger partial charge in [-0.2, -0.15) is 0 Å². The third kappa shape index (κ3) is 4.06. The number of rotatable bonds is 5. The van der Waals surface area contributed by atoms with Crippen LogP contribution in [-0.4, -0.2) is 11.5 Å². The van der Waals surface area contributed by atoms with Crippen LogP contribution in [0.1, 0.15) is 69.3 Å². The molecule has 0 radical (unpaired) electrons. The number of aromatic nitrogens is 1. The Bertz CT molecular complexity index is 455. The second-order valence-corrected chi connectivity index (χ2v) is 7.17. The van der Waals surface area contributed by atoms with E-state index in [9.17, 15) is 0 Å². The first-order valence-corrected chi connectivity index (χ1v) is 8.69. The van der Waals surface area contributed by atoms with Crippen LogP contribution in [0.15, 0.2) is 12.3 Å². The molecule has 1 aliphatic rings. The van der Waals surface area contributed by atoms with Crippen molar-refractivity contribution in [1.82, 2.24) is 10.3 Å². The molecule has 1 fully saturated rings. The molecule has 1 heterocycles. The van der Waals surface area contributed by atoms with Crippen LogP contribution in [-0.2, 0) is 0 Å². The molecule has 1 aromatic heterocycles. The predicted molar refractivity (Wildman–Crippen MR) is 90.4 cm³/mol. The molecule has 1 N–H and O–H groups in total. The van der Waals surface area contributed by atoms with Crippen molar-refractivity contribution >= 4 is 0 Å². The highest BCUT2D eigenvalue weighted by Gasteiger charge is 2.32. The number of aryl methyl sites for hydroxylation is 2. The fourth-order valence-corrected chi connectivity index (χ4v) is 3.73. The maximum absolute atomic E-state index is 4.79. The molecule has 21 heavy (non-hydrogen) atoms. The van der Waals surface area contributed by atoms with E-state index in [1.54, 1.807) is 0 Å². The second-order valence-electron chi connectivity index (χ2n) is 7.17. The zero-order valence-electron chi connectivity index (χ0n) is 14.4. The lowest BCUT2D eigenvalue weighted by Crippen LogP contribution is -2.34. The van der Waals surface area contributed by atoms with E-state index in [4.69, 9.17) is 4.98 Å². The molecule has 1 aliphatic carbocycles. The van der Waals surface area contributed by atoms with Crippen molar-refractivity contribution in [3.63, 3.8) is 0 Å². The van der Waals surface area contributed by atoms with E-state index < -0.39 is 0 Å². The van der Waals surface area contributed by atoms with E-state index in [1.807, 2.05) is 6.20 Å². The number of nitrogens with one attached hydrogen (secondary N) is 1. The molecule has 1 aromatic rings. The smallest absolute Gasteiger partial charge is 0.0605 e. The lowest BCUT2D eigenvalue weighted by molar-refractivity contribution is 0.169. The summed E-state index contributed by atoms with van der Waals surface area (Å²) in [5.41, 5.74) is 3.88. The van der Waals surface area contributed by atoms with Gasteiger partial charge in [0.15, 0.2) is 0 Å². The summed E-state index contributed by atoms with van der Waals surface area (Å²) in [4.78, 5) is 4.79. The minimum absolute atomic E-state index is 0.431. The van der Waals surface area contributed by atoms with Crippen LogP contribution >= 0.6 is 0 Å². The fourth-order valence-electron chi connectivity index (χ4n) is 3.73. The fraction of sp³-hybridized carbons (Fsp3) is 0.737. The van der Waals surface area contributed by atoms with Crippen LogP contribution in [0.25, 0.3) is 0 Å². The quantitative estimate of drug-likeness (QED) is 0.841. The van der Waals surface area contributed by atoms with Crippen molar-refractivity contribution in [2.24, 2.45) is 17.8 Å². The van der Waals surface area contributed by atoms with E-state index in [1.165, 1.54) is 42.5 Å². The average molecular weight is 288 g/mol. The Morgan fingerprint density at radius 1 is 1.24 bits per heavy atom. The van der Waals surface area contributed by atoms with Crippen molar-refractivity contribution < 1.29 is 0 Å². The van der Waals surface area contributed by atoms with Gasteiger partial charge in [-0.3, -0.25) is 4.98 Å². The number of nitrogens with zero attached hydrogens (tertiary/aromatic N) is 1. The van der Waals surface area contributed by atoms with Gasteiger partial charge < -0.3 is 5.32 Å². The van der Waals surface area contributed by atoms with Crippen LogP contribution in [0.5, 0.6) is 0 Å². The molecule has 0 aromatic carbocycles. The first-order chi connectivity index (χ1) is 10.0. The topological polar surface area (TPSA) is 24.9 Å². The molecule has 4 atom stereocenters. The largest absolute Gasteiger partial charge is 0.308 e. The highest BCUT2D eigenvalue weighted by atomic mass is 14.9. The summed E-state index contributed by atoms with van der Waals surface area (Å²) in [5, 5.41) is 3.79. The highest BCUT2D eigenvalue weighted by molar-refractivity contribution is 5.26. The first kappa shape index (κ1) is 16.5. The zero-order chi connectivity index (χ0) is 15.4. The number of hydrogen-bond acceptors (Lipinski definition) is 2. The Hall–Kier alpha value is -0.890. The monoisotopic (exact) mass is 288 g/mol. The Balaban J connectivity index is 2.21. The standard InChI is InChI=1S/C19H32N2/c1-6-9-20-19(17-8-7-14(3)15(4)11-17)18-16(5)10-13(2)12-21-18/h10,12,14-15,17,19-20H,6-9,11H2,1-5H3. The molecule has 0 saturated heterocycles. The second kappa shape index (κ2) is 7.40. The SMILES string of the molecule is CCCNC(c1ncc(C)cc1C)C1CCC(C)C(C)C1. The minimum Gasteiger partial charge on any atom is -0.308 e. The summed E-state index contributed by atoms with van der Waals surface area (Å²) in [5.74, 6) is 2.44.